The minimum atomic E-state index is -0.779. The molecular formula is C17H24N2O4. The van der Waals surface area contributed by atoms with Crippen LogP contribution in [0.25, 0.3) is 0 Å². The molecule has 1 aromatic carbocycles. The van der Waals surface area contributed by atoms with Gasteiger partial charge in [0.15, 0.2) is 6.73 Å². The molecule has 1 saturated heterocycles. The van der Waals surface area contributed by atoms with Crippen LogP contribution in [0.5, 0.6) is 5.75 Å². The Kier molecular flexibility index (Phi) is 5.47. The van der Waals surface area contributed by atoms with E-state index >= 15 is 0 Å². The second kappa shape index (κ2) is 7.35. The van der Waals surface area contributed by atoms with Crippen LogP contribution in [0.2, 0.25) is 0 Å². The summed E-state index contributed by atoms with van der Waals surface area (Å²) >= 11 is 0. The van der Waals surface area contributed by atoms with Gasteiger partial charge in [0.05, 0.1) is 5.92 Å². The Bertz CT molecular complexity index is 593. The van der Waals surface area contributed by atoms with Crippen molar-refractivity contribution in [2.45, 2.75) is 33.6 Å². The molecule has 0 atom stereocenters. The normalized spacial score (nSPS) is 15.3. The molecule has 23 heavy (non-hydrogen) atoms. The summed E-state index contributed by atoms with van der Waals surface area (Å²) in [7, 11) is 0. The van der Waals surface area contributed by atoms with Crippen molar-refractivity contribution in [3.8, 4) is 5.75 Å². The summed E-state index contributed by atoms with van der Waals surface area (Å²) in [6.45, 7) is 7.02. The molecule has 0 saturated carbocycles. The molecule has 1 aliphatic heterocycles. The van der Waals surface area contributed by atoms with Crippen molar-refractivity contribution < 1.29 is 19.4 Å². The van der Waals surface area contributed by atoms with Crippen molar-refractivity contribution in [3.05, 3.63) is 28.8 Å². The van der Waals surface area contributed by atoms with Crippen molar-refractivity contribution in [2.75, 3.05) is 19.8 Å². The van der Waals surface area contributed by atoms with Crippen LogP contribution in [0.3, 0.4) is 0 Å². The quantitative estimate of drug-likeness (QED) is 0.835. The van der Waals surface area contributed by atoms with E-state index in [2.05, 4.69) is 5.32 Å². The Morgan fingerprint density at radius 3 is 2.43 bits per heavy atom. The molecule has 1 heterocycles. The van der Waals surface area contributed by atoms with Crippen LogP contribution in [-0.2, 0) is 4.79 Å². The second-order valence-electron chi connectivity index (χ2n) is 6.02. The van der Waals surface area contributed by atoms with E-state index in [1.165, 1.54) is 0 Å². The van der Waals surface area contributed by atoms with E-state index in [-0.39, 0.29) is 18.7 Å². The first-order valence-corrected chi connectivity index (χ1v) is 7.85. The Morgan fingerprint density at radius 2 is 1.83 bits per heavy atom. The zero-order chi connectivity index (χ0) is 17.0. The number of ether oxygens (including phenoxy) is 1. The van der Waals surface area contributed by atoms with Crippen molar-refractivity contribution >= 4 is 12.0 Å². The second-order valence-corrected chi connectivity index (χ2v) is 6.02. The molecule has 6 heteroatoms. The monoisotopic (exact) mass is 320 g/mol. The smallest absolute Gasteiger partial charge is 0.320 e. The summed E-state index contributed by atoms with van der Waals surface area (Å²) in [4.78, 5) is 24.6. The molecule has 2 amide bonds. The van der Waals surface area contributed by atoms with Crippen LogP contribution >= 0.6 is 0 Å². The number of carbonyl (C=O) groups excluding carboxylic acids is 1. The van der Waals surface area contributed by atoms with E-state index in [0.717, 1.165) is 22.4 Å². The van der Waals surface area contributed by atoms with E-state index in [1.54, 1.807) is 4.90 Å². The third-order valence-corrected chi connectivity index (χ3v) is 4.44. The standard InChI is InChI=1S/C17H24N2O4/c1-11-4-5-12(2)15(13(11)3)23-10-18-17(22)19-8-6-14(7-9-19)16(20)21/h4-5,14H,6-10H2,1-3H3,(H,18,22)(H,20,21). The van der Waals surface area contributed by atoms with E-state index in [9.17, 15) is 9.59 Å². The van der Waals surface area contributed by atoms with Crippen LogP contribution in [0.15, 0.2) is 12.1 Å². The summed E-state index contributed by atoms with van der Waals surface area (Å²) < 4.78 is 5.72. The number of carbonyl (C=O) groups is 2. The lowest BCUT2D eigenvalue weighted by Gasteiger charge is -2.30. The van der Waals surface area contributed by atoms with Crippen LogP contribution in [0.4, 0.5) is 4.79 Å². The SMILES string of the molecule is Cc1ccc(C)c(OCNC(=O)N2CCC(C(=O)O)CC2)c1C. The number of nitrogens with one attached hydrogen (secondary N) is 1. The lowest BCUT2D eigenvalue weighted by atomic mass is 9.97. The summed E-state index contributed by atoms with van der Waals surface area (Å²) in [5.74, 6) is -0.318. The number of likely N-dealkylation sites (tertiary alicyclic amines) is 1. The maximum Gasteiger partial charge on any atom is 0.320 e. The molecule has 0 spiro atoms. The van der Waals surface area contributed by atoms with Gasteiger partial charge < -0.3 is 20.1 Å². The molecule has 0 aromatic heterocycles. The summed E-state index contributed by atoms with van der Waals surface area (Å²) in [6.07, 6.45) is 0.999. The van der Waals surface area contributed by atoms with Crippen LogP contribution in [-0.4, -0.2) is 41.8 Å². The Balaban J connectivity index is 1.82. The molecule has 2 rings (SSSR count). The minimum absolute atomic E-state index is 0.100. The molecule has 1 fully saturated rings. The number of rotatable bonds is 4. The summed E-state index contributed by atoms with van der Waals surface area (Å²) in [6, 6.07) is 3.83. The Hall–Kier alpha value is -2.24. The Labute approximate surface area is 136 Å². The van der Waals surface area contributed by atoms with Gasteiger partial charge in [0.1, 0.15) is 5.75 Å². The highest BCUT2D eigenvalue weighted by molar-refractivity contribution is 5.75. The number of aryl methyl sites for hydroxylation is 2. The maximum absolute atomic E-state index is 12.1. The largest absolute Gasteiger partial charge is 0.481 e. The number of amides is 2. The molecule has 1 aromatic rings. The van der Waals surface area contributed by atoms with Crippen molar-refractivity contribution in [1.82, 2.24) is 10.2 Å². The van der Waals surface area contributed by atoms with Gasteiger partial charge in [-0.3, -0.25) is 4.79 Å². The van der Waals surface area contributed by atoms with Gasteiger partial charge in [-0.1, -0.05) is 12.1 Å². The predicted octanol–water partition coefficient (Wildman–Crippen LogP) is 2.45. The van der Waals surface area contributed by atoms with E-state index in [0.29, 0.717) is 25.9 Å². The van der Waals surface area contributed by atoms with E-state index in [4.69, 9.17) is 9.84 Å². The number of carboxylic acid groups (broad SMARTS) is 1. The third kappa shape index (κ3) is 4.15. The average molecular weight is 320 g/mol. The number of piperidine rings is 1. The first-order valence-electron chi connectivity index (χ1n) is 7.85. The van der Waals surface area contributed by atoms with Crippen LogP contribution in [0.1, 0.15) is 29.5 Å². The van der Waals surface area contributed by atoms with Gasteiger partial charge in [-0.15, -0.1) is 0 Å². The Morgan fingerprint density at radius 1 is 1.22 bits per heavy atom. The number of urea groups is 1. The van der Waals surface area contributed by atoms with Gasteiger partial charge in [-0.05, 0) is 50.3 Å². The van der Waals surface area contributed by atoms with Crippen LogP contribution in [0, 0.1) is 26.7 Å². The van der Waals surface area contributed by atoms with E-state index in [1.807, 2.05) is 32.9 Å². The van der Waals surface area contributed by atoms with Gasteiger partial charge >= 0.3 is 12.0 Å². The number of hydrogen-bond donors (Lipinski definition) is 2. The number of benzene rings is 1. The zero-order valence-corrected chi connectivity index (χ0v) is 13.9. The minimum Gasteiger partial charge on any atom is -0.481 e. The molecule has 0 unspecified atom stereocenters. The third-order valence-electron chi connectivity index (χ3n) is 4.44. The first-order chi connectivity index (χ1) is 10.9. The molecular weight excluding hydrogens is 296 g/mol. The summed E-state index contributed by atoms with van der Waals surface area (Å²) in [5.41, 5.74) is 3.25. The predicted molar refractivity (Wildman–Crippen MR) is 86.6 cm³/mol. The fraction of sp³-hybridized carbons (Fsp3) is 0.529. The van der Waals surface area contributed by atoms with Gasteiger partial charge in [0.25, 0.3) is 0 Å². The number of nitrogens with zero attached hydrogens (tertiary/aromatic N) is 1. The van der Waals surface area contributed by atoms with Gasteiger partial charge in [0.2, 0.25) is 0 Å². The fourth-order valence-electron chi connectivity index (χ4n) is 2.76. The molecule has 126 valence electrons. The first kappa shape index (κ1) is 17.1. The molecule has 0 radical (unpaired) electrons. The molecule has 0 aliphatic carbocycles. The van der Waals surface area contributed by atoms with Crippen molar-refractivity contribution in [2.24, 2.45) is 5.92 Å². The molecule has 0 bridgehead atoms. The molecule has 2 N–H and O–H groups in total. The number of aliphatic carboxylic acids is 1. The number of hydrogen-bond acceptors (Lipinski definition) is 3. The summed E-state index contributed by atoms with van der Waals surface area (Å²) in [5, 5.41) is 11.7. The topological polar surface area (TPSA) is 78.9 Å². The van der Waals surface area contributed by atoms with Gasteiger partial charge in [-0.2, -0.15) is 0 Å². The maximum atomic E-state index is 12.1. The molecule has 1 aliphatic rings. The fourth-order valence-corrected chi connectivity index (χ4v) is 2.76. The average Bonchev–Trinajstić information content (AvgIpc) is 2.54. The van der Waals surface area contributed by atoms with Crippen molar-refractivity contribution in [3.63, 3.8) is 0 Å². The zero-order valence-electron chi connectivity index (χ0n) is 13.9. The molecule has 6 nitrogen and oxygen atoms in total. The highest BCUT2D eigenvalue weighted by atomic mass is 16.5. The lowest BCUT2D eigenvalue weighted by Crippen LogP contribution is -2.46. The lowest BCUT2D eigenvalue weighted by molar-refractivity contribution is -0.143. The highest BCUT2D eigenvalue weighted by Gasteiger charge is 2.26. The van der Waals surface area contributed by atoms with Gasteiger partial charge in [-0.25, -0.2) is 4.79 Å². The van der Waals surface area contributed by atoms with Gasteiger partial charge in [0, 0.05) is 13.1 Å². The van der Waals surface area contributed by atoms with Crippen molar-refractivity contribution in [1.29, 1.82) is 0 Å². The number of carboxylic acids is 1. The highest BCUT2D eigenvalue weighted by Crippen LogP contribution is 2.25. The van der Waals surface area contributed by atoms with E-state index < -0.39 is 5.97 Å². The van der Waals surface area contributed by atoms with Crippen LogP contribution < -0.4 is 10.1 Å².